The highest BCUT2D eigenvalue weighted by Crippen LogP contribution is 2.45. The summed E-state index contributed by atoms with van der Waals surface area (Å²) in [5.41, 5.74) is 11.2. The molecule has 1 aliphatic heterocycles. The standard InChI is InChI=1S/C48H58N3O3P/c1-7-8-26-54-43-17-15-41(16-18-43)51(33-36-20-23-49-45(28-36)39-14-19-48(55(5)6)47(30-39)53-4)42-21-24-50(25-22-42)32-35-10-9-11-38(27-35)40-29-44(37-12-13-37)34(2)46(31-40)52-3/h9-11,14-20,23,27-31,37,42H,7-8,12-13,21-22,24-26,32-33H2,1-6H3. The van der Waals surface area contributed by atoms with Gasteiger partial charge in [0.25, 0.3) is 0 Å². The third kappa shape index (κ3) is 9.54. The maximum atomic E-state index is 6.05. The average Bonchev–Trinajstić information content (AvgIpc) is 4.07. The van der Waals surface area contributed by atoms with Crippen LogP contribution in [0.5, 0.6) is 17.2 Å². The Morgan fingerprint density at radius 2 is 1.55 bits per heavy atom. The lowest BCUT2D eigenvalue weighted by Crippen LogP contribution is -2.44. The molecule has 1 saturated heterocycles. The highest BCUT2D eigenvalue weighted by molar-refractivity contribution is 7.64. The van der Waals surface area contributed by atoms with E-state index in [0.29, 0.717) is 12.0 Å². The van der Waals surface area contributed by atoms with Crippen LogP contribution in [-0.4, -0.2) is 63.2 Å². The van der Waals surface area contributed by atoms with Gasteiger partial charge in [-0.2, -0.15) is 0 Å². The number of hydrogen-bond acceptors (Lipinski definition) is 6. The zero-order chi connectivity index (χ0) is 38.3. The van der Waals surface area contributed by atoms with Crippen molar-refractivity contribution >= 4 is 18.9 Å². The first-order chi connectivity index (χ1) is 26.8. The van der Waals surface area contributed by atoms with E-state index >= 15 is 0 Å². The predicted molar refractivity (Wildman–Crippen MR) is 231 cm³/mol. The number of methoxy groups -OCH3 is 2. The highest BCUT2D eigenvalue weighted by atomic mass is 31.1. The van der Waals surface area contributed by atoms with Gasteiger partial charge in [0.2, 0.25) is 0 Å². The van der Waals surface area contributed by atoms with Crippen molar-refractivity contribution in [1.29, 1.82) is 0 Å². The maximum Gasteiger partial charge on any atom is 0.127 e. The zero-order valence-corrected chi connectivity index (χ0v) is 34.6. The first-order valence-corrected chi connectivity index (χ1v) is 22.4. The van der Waals surface area contributed by atoms with Crippen LogP contribution in [0, 0.1) is 6.92 Å². The van der Waals surface area contributed by atoms with Gasteiger partial charge in [-0.05, 0) is 146 Å². The summed E-state index contributed by atoms with van der Waals surface area (Å²) >= 11 is 0. The number of hydrogen-bond donors (Lipinski definition) is 0. The molecule has 2 aliphatic rings. The van der Waals surface area contributed by atoms with Crippen molar-refractivity contribution in [2.45, 2.75) is 77.4 Å². The summed E-state index contributed by atoms with van der Waals surface area (Å²) in [6.45, 7) is 13.6. The van der Waals surface area contributed by atoms with Crippen molar-refractivity contribution in [2.24, 2.45) is 0 Å². The van der Waals surface area contributed by atoms with Crippen LogP contribution in [0.2, 0.25) is 0 Å². The number of likely N-dealkylation sites (tertiary alicyclic amines) is 1. The normalized spacial score (nSPS) is 15.0. The van der Waals surface area contributed by atoms with Crippen LogP contribution in [0.4, 0.5) is 5.69 Å². The highest BCUT2D eigenvalue weighted by Gasteiger charge is 2.28. The van der Waals surface area contributed by atoms with Crippen LogP contribution in [0.25, 0.3) is 22.4 Å². The Balaban J connectivity index is 1.07. The van der Waals surface area contributed by atoms with Gasteiger partial charge in [-0.25, -0.2) is 0 Å². The molecular weight excluding hydrogens is 698 g/mol. The molecule has 2 heterocycles. The number of piperidine rings is 1. The van der Waals surface area contributed by atoms with Gasteiger partial charge in [-0.15, -0.1) is 0 Å². The molecule has 0 atom stereocenters. The van der Waals surface area contributed by atoms with Gasteiger partial charge in [-0.3, -0.25) is 9.88 Å². The molecule has 288 valence electrons. The van der Waals surface area contributed by atoms with Gasteiger partial charge in [0.05, 0.1) is 26.5 Å². The summed E-state index contributed by atoms with van der Waals surface area (Å²) in [6, 6.07) is 33.9. The predicted octanol–water partition coefficient (Wildman–Crippen LogP) is 10.8. The molecule has 2 fully saturated rings. The van der Waals surface area contributed by atoms with E-state index in [2.05, 4.69) is 128 Å². The lowest BCUT2D eigenvalue weighted by Gasteiger charge is -2.40. The number of pyridine rings is 1. The Hall–Kier alpha value is -4.38. The van der Waals surface area contributed by atoms with Crippen molar-refractivity contribution < 1.29 is 14.2 Å². The zero-order valence-electron chi connectivity index (χ0n) is 33.7. The van der Waals surface area contributed by atoms with Gasteiger partial charge in [0.15, 0.2) is 0 Å². The van der Waals surface area contributed by atoms with Gasteiger partial charge in [0.1, 0.15) is 17.2 Å². The van der Waals surface area contributed by atoms with Crippen molar-refractivity contribution in [3.05, 3.63) is 119 Å². The molecule has 0 N–H and O–H groups in total. The summed E-state index contributed by atoms with van der Waals surface area (Å²) in [4.78, 5) is 10.0. The molecule has 1 aromatic heterocycles. The number of aromatic nitrogens is 1. The quantitative estimate of drug-likeness (QED) is 0.0738. The second kappa shape index (κ2) is 18.0. The third-order valence-corrected chi connectivity index (χ3v) is 12.7. The Morgan fingerprint density at radius 3 is 2.25 bits per heavy atom. The van der Waals surface area contributed by atoms with Gasteiger partial charge in [-0.1, -0.05) is 57.7 Å². The Bertz CT molecular complexity index is 2040. The average molecular weight is 756 g/mol. The Morgan fingerprint density at radius 1 is 0.782 bits per heavy atom. The Labute approximate surface area is 330 Å². The van der Waals surface area contributed by atoms with E-state index in [1.54, 1.807) is 14.2 Å². The minimum Gasteiger partial charge on any atom is -0.496 e. The summed E-state index contributed by atoms with van der Waals surface area (Å²) in [6.07, 6.45) is 8.91. The number of anilines is 1. The molecule has 4 aromatic carbocycles. The molecule has 6 nitrogen and oxygen atoms in total. The fraction of sp³-hybridized carbons (Fsp3) is 0.396. The van der Waals surface area contributed by atoms with Gasteiger partial charge in [0, 0.05) is 55.0 Å². The van der Waals surface area contributed by atoms with Crippen LogP contribution in [-0.2, 0) is 13.1 Å². The van der Waals surface area contributed by atoms with Gasteiger partial charge >= 0.3 is 0 Å². The largest absolute Gasteiger partial charge is 0.496 e. The molecule has 0 bridgehead atoms. The van der Waals surface area contributed by atoms with Crippen molar-refractivity contribution in [3.63, 3.8) is 0 Å². The minimum atomic E-state index is -0.264. The topological polar surface area (TPSA) is 47.1 Å². The van der Waals surface area contributed by atoms with Crippen LogP contribution < -0.4 is 24.4 Å². The number of rotatable bonds is 16. The third-order valence-electron chi connectivity index (χ3n) is 11.4. The van der Waals surface area contributed by atoms with Crippen LogP contribution in [0.3, 0.4) is 0 Å². The summed E-state index contributed by atoms with van der Waals surface area (Å²) in [5.74, 6) is 3.56. The van der Waals surface area contributed by atoms with E-state index < -0.39 is 0 Å². The molecule has 7 rings (SSSR count). The summed E-state index contributed by atoms with van der Waals surface area (Å²) in [5, 5.41) is 1.28. The van der Waals surface area contributed by atoms with Crippen molar-refractivity contribution in [3.8, 4) is 39.6 Å². The number of nitrogens with zero attached hydrogens (tertiary/aromatic N) is 3. The van der Waals surface area contributed by atoms with Crippen LogP contribution in [0.15, 0.2) is 97.2 Å². The monoisotopic (exact) mass is 755 g/mol. The van der Waals surface area contributed by atoms with Crippen LogP contribution >= 0.6 is 7.92 Å². The molecule has 1 saturated carbocycles. The molecule has 1 aliphatic carbocycles. The van der Waals surface area contributed by atoms with Crippen molar-refractivity contribution in [1.82, 2.24) is 9.88 Å². The van der Waals surface area contributed by atoms with Gasteiger partial charge < -0.3 is 19.1 Å². The lowest BCUT2D eigenvalue weighted by molar-refractivity contribution is 0.201. The molecule has 55 heavy (non-hydrogen) atoms. The number of ether oxygens (including phenoxy) is 3. The summed E-state index contributed by atoms with van der Waals surface area (Å²) < 4.78 is 17.7. The van der Waals surface area contributed by atoms with Crippen LogP contribution in [0.1, 0.15) is 73.6 Å². The minimum absolute atomic E-state index is 0.264. The first-order valence-electron chi connectivity index (χ1n) is 20.1. The van der Waals surface area contributed by atoms with E-state index in [1.807, 2.05) is 6.20 Å². The van der Waals surface area contributed by atoms with E-state index in [4.69, 9.17) is 19.2 Å². The van der Waals surface area contributed by atoms with E-state index in [1.165, 1.54) is 57.2 Å². The van der Waals surface area contributed by atoms with E-state index in [9.17, 15) is 0 Å². The van der Waals surface area contributed by atoms with Crippen molar-refractivity contribution in [2.75, 3.05) is 52.1 Å². The summed E-state index contributed by atoms with van der Waals surface area (Å²) in [7, 11) is 3.29. The fourth-order valence-electron chi connectivity index (χ4n) is 8.04. The number of unbranched alkanes of at least 4 members (excludes halogenated alkanes) is 1. The molecular formula is C48H58N3O3P. The maximum absolute atomic E-state index is 6.05. The SMILES string of the molecule is CCCCOc1ccc(N(Cc2ccnc(-c3ccc(P(C)C)c(OC)c3)c2)C2CCN(Cc3cccc(-c4cc(OC)c(C)c(C5CC5)c4)c3)CC2)cc1. The lowest BCUT2D eigenvalue weighted by atomic mass is 9.95. The second-order valence-corrected chi connectivity index (χ2v) is 17.8. The second-order valence-electron chi connectivity index (χ2n) is 15.5. The molecule has 0 radical (unpaired) electrons. The smallest absolute Gasteiger partial charge is 0.127 e. The fourth-order valence-corrected chi connectivity index (χ4v) is 9.01. The van der Waals surface area contributed by atoms with E-state index in [-0.39, 0.29) is 7.92 Å². The first kappa shape index (κ1) is 38.9. The molecule has 0 amide bonds. The molecule has 0 spiro atoms. The Kier molecular flexibility index (Phi) is 12.8. The molecule has 0 unspecified atom stereocenters. The number of benzene rings is 4. The molecule has 7 heteroatoms. The molecule has 5 aromatic rings. The van der Waals surface area contributed by atoms with E-state index in [0.717, 1.165) is 87.0 Å².